The minimum atomic E-state index is -0.455. The molecule has 0 radical (unpaired) electrons. The number of rotatable bonds is 5. The van der Waals surface area contributed by atoms with Crippen LogP contribution in [0.5, 0.6) is 0 Å². The standard InChI is InChI=1S/C14H23NOS/c1-2-12(13-7-6-10-17-13)15-11-14(16)8-4-3-5-9-14/h6-7,10,12,15-16H,2-5,8-9,11H2,1H3. The topological polar surface area (TPSA) is 32.3 Å². The van der Waals surface area contributed by atoms with Crippen LogP contribution in [0.3, 0.4) is 0 Å². The molecule has 0 saturated heterocycles. The van der Waals surface area contributed by atoms with Gasteiger partial charge in [-0.2, -0.15) is 0 Å². The normalized spacial score (nSPS) is 21.3. The highest BCUT2D eigenvalue weighted by atomic mass is 32.1. The first kappa shape index (κ1) is 13.1. The third-order valence-electron chi connectivity index (χ3n) is 3.76. The molecule has 1 unspecified atom stereocenters. The highest BCUT2D eigenvalue weighted by Crippen LogP contribution is 2.29. The van der Waals surface area contributed by atoms with Crippen molar-refractivity contribution >= 4 is 11.3 Å². The Kier molecular flexibility index (Phi) is 4.60. The Morgan fingerprint density at radius 1 is 1.41 bits per heavy atom. The Balaban J connectivity index is 1.87. The summed E-state index contributed by atoms with van der Waals surface area (Å²) in [5.74, 6) is 0. The van der Waals surface area contributed by atoms with Crippen molar-refractivity contribution < 1.29 is 5.11 Å². The molecule has 17 heavy (non-hydrogen) atoms. The Morgan fingerprint density at radius 3 is 2.76 bits per heavy atom. The van der Waals surface area contributed by atoms with Gasteiger partial charge in [-0.05, 0) is 30.7 Å². The van der Waals surface area contributed by atoms with Gasteiger partial charge < -0.3 is 10.4 Å². The minimum Gasteiger partial charge on any atom is -0.389 e. The third-order valence-corrected chi connectivity index (χ3v) is 4.74. The van der Waals surface area contributed by atoms with Crippen LogP contribution in [0.2, 0.25) is 0 Å². The van der Waals surface area contributed by atoms with E-state index in [4.69, 9.17) is 0 Å². The van der Waals surface area contributed by atoms with Crippen molar-refractivity contribution in [2.45, 2.75) is 57.1 Å². The summed E-state index contributed by atoms with van der Waals surface area (Å²) in [6, 6.07) is 4.68. The first-order valence-electron chi connectivity index (χ1n) is 6.73. The molecule has 1 atom stereocenters. The van der Waals surface area contributed by atoms with Gasteiger partial charge in [0.2, 0.25) is 0 Å². The molecule has 0 spiro atoms. The largest absolute Gasteiger partial charge is 0.389 e. The van der Waals surface area contributed by atoms with Gasteiger partial charge in [-0.15, -0.1) is 11.3 Å². The van der Waals surface area contributed by atoms with E-state index in [0.717, 1.165) is 25.8 Å². The van der Waals surface area contributed by atoms with E-state index >= 15 is 0 Å². The highest BCUT2D eigenvalue weighted by Gasteiger charge is 2.29. The van der Waals surface area contributed by atoms with E-state index in [2.05, 4.69) is 29.8 Å². The molecule has 2 N–H and O–H groups in total. The smallest absolute Gasteiger partial charge is 0.0771 e. The molecule has 1 heterocycles. The summed E-state index contributed by atoms with van der Waals surface area (Å²) in [6.07, 6.45) is 6.63. The van der Waals surface area contributed by atoms with Gasteiger partial charge in [0.25, 0.3) is 0 Å². The fourth-order valence-corrected chi connectivity index (χ4v) is 3.52. The fraction of sp³-hybridized carbons (Fsp3) is 0.714. The van der Waals surface area contributed by atoms with Crippen LogP contribution < -0.4 is 5.32 Å². The second kappa shape index (κ2) is 5.98. The lowest BCUT2D eigenvalue weighted by molar-refractivity contribution is 0.00257. The van der Waals surface area contributed by atoms with Crippen molar-refractivity contribution in [2.24, 2.45) is 0 Å². The molecule has 3 heteroatoms. The Labute approximate surface area is 108 Å². The zero-order chi connectivity index (χ0) is 12.1. The first-order valence-corrected chi connectivity index (χ1v) is 7.61. The Bertz CT molecular complexity index is 317. The molecular formula is C14H23NOS. The summed E-state index contributed by atoms with van der Waals surface area (Å²) < 4.78 is 0. The zero-order valence-electron chi connectivity index (χ0n) is 10.6. The summed E-state index contributed by atoms with van der Waals surface area (Å²) in [5, 5.41) is 16.1. The molecule has 0 aliphatic heterocycles. The van der Waals surface area contributed by atoms with Crippen LogP contribution in [0, 0.1) is 0 Å². The lowest BCUT2D eigenvalue weighted by Gasteiger charge is -2.33. The van der Waals surface area contributed by atoms with E-state index in [1.807, 2.05) is 0 Å². The maximum atomic E-state index is 10.5. The summed E-state index contributed by atoms with van der Waals surface area (Å²) >= 11 is 1.80. The van der Waals surface area contributed by atoms with Crippen LogP contribution in [0.15, 0.2) is 17.5 Å². The summed E-state index contributed by atoms with van der Waals surface area (Å²) in [6.45, 7) is 2.94. The van der Waals surface area contributed by atoms with Crippen molar-refractivity contribution in [2.75, 3.05) is 6.54 Å². The highest BCUT2D eigenvalue weighted by molar-refractivity contribution is 7.10. The quantitative estimate of drug-likeness (QED) is 0.842. The van der Waals surface area contributed by atoms with Crippen molar-refractivity contribution in [3.63, 3.8) is 0 Å². The summed E-state index contributed by atoms with van der Waals surface area (Å²) in [5.41, 5.74) is -0.455. The van der Waals surface area contributed by atoms with Crippen molar-refractivity contribution in [3.05, 3.63) is 22.4 Å². The van der Waals surface area contributed by atoms with Gasteiger partial charge in [0.1, 0.15) is 0 Å². The van der Waals surface area contributed by atoms with Crippen LogP contribution in [0.25, 0.3) is 0 Å². The zero-order valence-corrected chi connectivity index (χ0v) is 11.4. The summed E-state index contributed by atoms with van der Waals surface area (Å²) in [7, 11) is 0. The molecule has 0 aromatic carbocycles. The maximum Gasteiger partial charge on any atom is 0.0771 e. The number of aliphatic hydroxyl groups is 1. The molecule has 1 aliphatic rings. The fourth-order valence-electron chi connectivity index (χ4n) is 2.64. The van der Waals surface area contributed by atoms with E-state index in [1.165, 1.54) is 24.1 Å². The summed E-state index contributed by atoms with van der Waals surface area (Å²) in [4.78, 5) is 1.38. The van der Waals surface area contributed by atoms with Crippen molar-refractivity contribution in [1.29, 1.82) is 0 Å². The van der Waals surface area contributed by atoms with Gasteiger partial charge in [0, 0.05) is 17.5 Å². The van der Waals surface area contributed by atoms with Gasteiger partial charge in [-0.1, -0.05) is 32.3 Å². The second-order valence-electron chi connectivity index (χ2n) is 5.14. The first-order chi connectivity index (χ1) is 8.23. The van der Waals surface area contributed by atoms with E-state index in [-0.39, 0.29) is 0 Å². The number of hydrogen-bond donors (Lipinski definition) is 2. The predicted octanol–water partition coefficient (Wildman–Crippen LogP) is 3.48. The molecule has 2 rings (SSSR count). The van der Waals surface area contributed by atoms with Gasteiger partial charge in [0.15, 0.2) is 0 Å². The molecule has 0 amide bonds. The van der Waals surface area contributed by atoms with Crippen molar-refractivity contribution in [3.8, 4) is 0 Å². The minimum absolute atomic E-state index is 0.404. The third kappa shape index (κ3) is 3.54. The van der Waals surface area contributed by atoms with Gasteiger partial charge in [0.05, 0.1) is 5.60 Å². The van der Waals surface area contributed by atoms with Gasteiger partial charge in [-0.25, -0.2) is 0 Å². The molecule has 2 nitrogen and oxygen atoms in total. The van der Waals surface area contributed by atoms with E-state index in [9.17, 15) is 5.11 Å². The average Bonchev–Trinajstić information content (AvgIpc) is 2.84. The van der Waals surface area contributed by atoms with E-state index in [1.54, 1.807) is 11.3 Å². The van der Waals surface area contributed by atoms with Gasteiger partial charge >= 0.3 is 0 Å². The molecule has 1 saturated carbocycles. The Hall–Kier alpha value is -0.380. The molecule has 1 fully saturated rings. The van der Waals surface area contributed by atoms with Crippen LogP contribution in [0.4, 0.5) is 0 Å². The van der Waals surface area contributed by atoms with Crippen molar-refractivity contribution in [1.82, 2.24) is 5.32 Å². The maximum absolute atomic E-state index is 10.5. The van der Waals surface area contributed by atoms with Gasteiger partial charge in [-0.3, -0.25) is 0 Å². The predicted molar refractivity (Wildman–Crippen MR) is 73.4 cm³/mol. The molecule has 1 aromatic heterocycles. The SMILES string of the molecule is CCC(NCC1(O)CCCCC1)c1cccs1. The number of thiophene rings is 1. The molecule has 96 valence electrons. The monoisotopic (exact) mass is 253 g/mol. The van der Waals surface area contributed by atoms with E-state index < -0.39 is 5.60 Å². The van der Waals surface area contributed by atoms with Crippen LogP contribution >= 0.6 is 11.3 Å². The number of hydrogen-bond acceptors (Lipinski definition) is 3. The molecular weight excluding hydrogens is 230 g/mol. The second-order valence-corrected chi connectivity index (χ2v) is 6.12. The Morgan fingerprint density at radius 2 is 2.18 bits per heavy atom. The lowest BCUT2D eigenvalue weighted by atomic mass is 9.84. The van der Waals surface area contributed by atoms with Crippen LogP contribution in [0.1, 0.15) is 56.4 Å². The molecule has 1 aromatic rings. The average molecular weight is 253 g/mol. The lowest BCUT2D eigenvalue weighted by Crippen LogP contribution is -2.43. The molecule has 1 aliphatic carbocycles. The van der Waals surface area contributed by atoms with Crippen LogP contribution in [-0.2, 0) is 0 Å². The van der Waals surface area contributed by atoms with E-state index in [0.29, 0.717) is 6.04 Å². The van der Waals surface area contributed by atoms with Crippen LogP contribution in [-0.4, -0.2) is 17.3 Å². The molecule has 0 bridgehead atoms. The number of nitrogens with one attached hydrogen (secondary N) is 1.